The second kappa shape index (κ2) is 7.82. The van der Waals surface area contributed by atoms with Gasteiger partial charge in [-0.15, -0.1) is 5.10 Å². The highest BCUT2D eigenvalue weighted by atomic mass is 32.2. The lowest BCUT2D eigenvalue weighted by Crippen LogP contribution is -2.42. The zero-order valence-electron chi connectivity index (χ0n) is 13.5. The maximum atomic E-state index is 12.3. The number of rotatable bonds is 8. The highest BCUT2D eigenvalue weighted by molar-refractivity contribution is 7.89. The van der Waals surface area contributed by atoms with Crippen molar-refractivity contribution in [2.75, 3.05) is 12.3 Å². The predicted molar refractivity (Wildman–Crippen MR) is 81.7 cm³/mol. The van der Waals surface area contributed by atoms with Crippen LogP contribution in [0.4, 0.5) is 0 Å². The van der Waals surface area contributed by atoms with E-state index in [4.69, 9.17) is 4.74 Å². The monoisotopic (exact) mass is 345 g/mol. The molecule has 130 valence electrons. The van der Waals surface area contributed by atoms with Gasteiger partial charge >= 0.3 is 5.97 Å². The summed E-state index contributed by atoms with van der Waals surface area (Å²) in [5, 5.41) is 11.2. The zero-order valence-corrected chi connectivity index (χ0v) is 14.3. The Morgan fingerprint density at radius 1 is 1.35 bits per heavy atom. The van der Waals surface area contributed by atoms with E-state index in [1.54, 1.807) is 11.6 Å². The Hall–Kier alpha value is -1.55. The highest BCUT2D eigenvalue weighted by Crippen LogP contribution is 2.23. The van der Waals surface area contributed by atoms with E-state index in [1.165, 1.54) is 4.31 Å². The number of sulfonamides is 1. The Bertz CT molecular complexity index is 630. The summed E-state index contributed by atoms with van der Waals surface area (Å²) in [6.07, 6.45) is 2.53. The van der Waals surface area contributed by atoms with Gasteiger partial charge < -0.3 is 4.74 Å². The minimum atomic E-state index is -3.41. The third-order valence-corrected chi connectivity index (χ3v) is 5.76. The Morgan fingerprint density at radius 2 is 2.13 bits per heavy atom. The molecule has 1 unspecified atom stereocenters. The maximum Gasteiger partial charge on any atom is 0.324 e. The molecule has 0 aromatic carbocycles. The largest absolute Gasteiger partial charge is 0.456 e. The van der Waals surface area contributed by atoms with E-state index in [0.29, 0.717) is 38.2 Å². The van der Waals surface area contributed by atoms with Crippen molar-refractivity contribution in [2.24, 2.45) is 0 Å². The van der Waals surface area contributed by atoms with Crippen molar-refractivity contribution in [1.82, 2.24) is 24.5 Å². The van der Waals surface area contributed by atoms with E-state index < -0.39 is 22.0 Å². The van der Waals surface area contributed by atoms with E-state index in [1.807, 2.05) is 6.92 Å². The van der Waals surface area contributed by atoms with Crippen molar-refractivity contribution in [3.8, 4) is 0 Å². The van der Waals surface area contributed by atoms with Crippen molar-refractivity contribution in [2.45, 2.75) is 58.7 Å². The van der Waals surface area contributed by atoms with Gasteiger partial charge in [-0.1, -0.05) is 13.8 Å². The molecule has 0 amide bonds. The van der Waals surface area contributed by atoms with Crippen LogP contribution < -0.4 is 0 Å². The van der Waals surface area contributed by atoms with Crippen LogP contribution in [-0.4, -0.2) is 57.2 Å². The van der Waals surface area contributed by atoms with E-state index in [0.717, 1.165) is 6.42 Å². The summed E-state index contributed by atoms with van der Waals surface area (Å²) < 4.78 is 32.5. The summed E-state index contributed by atoms with van der Waals surface area (Å²) in [4.78, 5) is 12.3. The Kier molecular flexibility index (Phi) is 6.05. The average molecular weight is 345 g/mol. The lowest BCUT2D eigenvalue weighted by molar-refractivity contribution is -0.149. The van der Waals surface area contributed by atoms with Gasteiger partial charge in [0.25, 0.3) is 0 Å². The molecule has 0 radical (unpaired) electrons. The predicted octanol–water partition coefficient (Wildman–Crippen LogP) is 0.331. The number of hydrogen-bond acceptors (Lipinski definition) is 7. The lowest BCUT2D eigenvalue weighted by Gasteiger charge is -2.22. The molecule has 0 N–H and O–H groups in total. The lowest BCUT2D eigenvalue weighted by atomic mass is 10.2. The molecule has 2 rings (SSSR count). The number of aryl methyl sites for hydroxylation is 1. The molecule has 1 aromatic heterocycles. The fourth-order valence-corrected chi connectivity index (χ4v) is 4.36. The molecule has 1 atom stereocenters. The summed E-state index contributed by atoms with van der Waals surface area (Å²) in [6.45, 7) is 4.75. The van der Waals surface area contributed by atoms with Gasteiger partial charge in [-0.25, -0.2) is 13.1 Å². The zero-order chi connectivity index (χ0) is 16.9. The third-order valence-electron chi connectivity index (χ3n) is 3.68. The minimum absolute atomic E-state index is 0.0471. The normalized spacial score (nSPS) is 19.1. The second-order valence-corrected chi connectivity index (χ2v) is 7.55. The van der Waals surface area contributed by atoms with E-state index in [9.17, 15) is 13.2 Å². The highest BCUT2D eigenvalue weighted by Gasteiger charge is 2.39. The molecule has 2 heterocycles. The first kappa shape index (κ1) is 17.8. The number of carbonyl (C=O) groups excluding carboxylic acids is 1. The van der Waals surface area contributed by atoms with Crippen molar-refractivity contribution in [3.63, 3.8) is 0 Å². The van der Waals surface area contributed by atoms with Crippen LogP contribution in [0.15, 0.2) is 0 Å². The smallest absolute Gasteiger partial charge is 0.324 e. The number of nitrogens with zero attached hydrogens (tertiary/aromatic N) is 5. The molecule has 1 aliphatic rings. The molecule has 1 aromatic rings. The van der Waals surface area contributed by atoms with Crippen LogP contribution in [0.1, 0.15) is 45.4 Å². The molecule has 1 aliphatic heterocycles. The summed E-state index contributed by atoms with van der Waals surface area (Å²) in [6, 6.07) is -0.734. The maximum absolute atomic E-state index is 12.3. The molecule has 10 heteroatoms. The number of carbonyl (C=O) groups is 1. The first-order valence-corrected chi connectivity index (χ1v) is 9.51. The van der Waals surface area contributed by atoms with Gasteiger partial charge in [0.1, 0.15) is 6.04 Å². The molecule has 0 saturated carbocycles. The van der Waals surface area contributed by atoms with Crippen molar-refractivity contribution >= 4 is 16.0 Å². The van der Waals surface area contributed by atoms with Crippen LogP contribution in [0.2, 0.25) is 0 Å². The van der Waals surface area contributed by atoms with Gasteiger partial charge in [0.05, 0.1) is 5.75 Å². The summed E-state index contributed by atoms with van der Waals surface area (Å²) in [7, 11) is -3.41. The Labute approximate surface area is 136 Å². The first-order valence-electron chi connectivity index (χ1n) is 7.90. The Morgan fingerprint density at radius 3 is 2.83 bits per heavy atom. The Balaban J connectivity index is 1.98. The fourth-order valence-electron chi connectivity index (χ4n) is 2.63. The summed E-state index contributed by atoms with van der Waals surface area (Å²) in [5.74, 6) is -0.0275. The molecule has 9 nitrogen and oxygen atoms in total. The van der Waals surface area contributed by atoms with Crippen molar-refractivity contribution < 1.29 is 17.9 Å². The van der Waals surface area contributed by atoms with Crippen molar-refractivity contribution in [3.05, 3.63) is 5.82 Å². The number of aromatic nitrogens is 4. The number of tetrazole rings is 1. The molecular formula is C13H23N5O4S. The first-order chi connectivity index (χ1) is 11.0. The van der Waals surface area contributed by atoms with Gasteiger partial charge in [0.15, 0.2) is 12.4 Å². The molecule has 23 heavy (non-hydrogen) atoms. The van der Waals surface area contributed by atoms with Crippen LogP contribution in [0.3, 0.4) is 0 Å². The molecule has 0 bridgehead atoms. The molecule has 1 saturated heterocycles. The van der Waals surface area contributed by atoms with Crippen LogP contribution in [-0.2, 0) is 32.7 Å². The summed E-state index contributed by atoms with van der Waals surface area (Å²) >= 11 is 0. The molecular weight excluding hydrogens is 322 g/mol. The van der Waals surface area contributed by atoms with Gasteiger partial charge in [-0.05, 0) is 36.1 Å². The van der Waals surface area contributed by atoms with E-state index in [2.05, 4.69) is 15.5 Å². The average Bonchev–Trinajstić information content (AvgIpc) is 3.14. The van der Waals surface area contributed by atoms with Crippen LogP contribution in [0, 0.1) is 0 Å². The quantitative estimate of drug-likeness (QED) is 0.625. The number of hydrogen-bond donors (Lipinski definition) is 0. The number of esters is 1. The second-order valence-electron chi connectivity index (χ2n) is 5.51. The molecule has 0 spiro atoms. The van der Waals surface area contributed by atoms with E-state index in [-0.39, 0.29) is 12.4 Å². The van der Waals surface area contributed by atoms with Crippen LogP contribution in [0.5, 0.6) is 0 Å². The topological polar surface area (TPSA) is 107 Å². The van der Waals surface area contributed by atoms with Gasteiger partial charge in [0, 0.05) is 13.1 Å². The SMILES string of the molecule is CCCn1nnnc1COC(=O)C1CCCN1S(=O)(=O)CCC. The molecule has 0 aliphatic carbocycles. The van der Waals surface area contributed by atoms with Crippen LogP contribution >= 0.6 is 0 Å². The van der Waals surface area contributed by atoms with Gasteiger partial charge in [0.2, 0.25) is 10.0 Å². The summed E-state index contributed by atoms with van der Waals surface area (Å²) in [5.41, 5.74) is 0. The minimum Gasteiger partial charge on any atom is -0.456 e. The van der Waals surface area contributed by atoms with Gasteiger partial charge in [-0.3, -0.25) is 4.79 Å². The fraction of sp³-hybridized carbons (Fsp3) is 0.846. The van der Waals surface area contributed by atoms with Gasteiger partial charge in [-0.2, -0.15) is 4.31 Å². The van der Waals surface area contributed by atoms with Crippen LogP contribution in [0.25, 0.3) is 0 Å². The third kappa shape index (κ3) is 4.25. The van der Waals surface area contributed by atoms with Crippen molar-refractivity contribution in [1.29, 1.82) is 0 Å². The number of ether oxygens (including phenoxy) is 1. The molecule has 1 fully saturated rings. The standard InChI is InChI=1S/C13H23N5O4S/c1-3-7-17-12(14-15-16-17)10-22-13(19)11-6-5-8-18(11)23(20,21)9-4-2/h11H,3-10H2,1-2H3. The van der Waals surface area contributed by atoms with E-state index >= 15 is 0 Å².